The maximum atomic E-state index is 10.4. The van der Waals surface area contributed by atoms with Crippen LogP contribution >= 0.6 is 31.9 Å². The molecule has 1 atom stereocenters. The standard InChI is InChI=1S/C7H6Br2O3/c8-5-1-4(3-10)7(11,12)6(9)2-5/h1-4,11-12H. The Balaban J connectivity index is 3.07. The highest BCUT2D eigenvalue weighted by atomic mass is 79.9. The second-order valence-electron chi connectivity index (χ2n) is 2.43. The van der Waals surface area contributed by atoms with Gasteiger partial charge in [-0.25, -0.2) is 0 Å². The predicted molar refractivity (Wildman–Crippen MR) is 50.7 cm³/mol. The van der Waals surface area contributed by atoms with E-state index in [0.717, 1.165) is 0 Å². The highest BCUT2D eigenvalue weighted by molar-refractivity contribution is 9.12. The molecular formula is C7H6Br2O3. The Morgan fingerprint density at radius 2 is 2.08 bits per heavy atom. The summed E-state index contributed by atoms with van der Waals surface area (Å²) in [5.74, 6) is -3.05. The van der Waals surface area contributed by atoms with Crippen LogP contribution < -0.4 is 0 Å². The smallest absolute Gasteiger partial charge is 0.209 e. The molecule has 0 saturated heterocycles. The minimum atomic E-state index is -2.11. The Bertz CT molecular complexity index is 268. The molecule has 0 heterocycles. The van der Waals surface area contributed by atoms with Gasteiger partial charge in [-0.05, 0) is 22.0 Å². The van der Waals surface area contributed by atoms with Crippen LogP contribution in [0.25, 0.3) is 0 Å². The van der Waals surface area contributed by atoms with Gasteiger partial charge in [0, 0.05) is 4.48 Å². The van der Waals surface area contributed by atoms with Crippen molar-refractivity contribution in [1.82, 2.24) is 0 Å². The largest absolute Gasteiger partial charge is 0.361 e. The summed E-state index contributed by atoms with van der Waals surface area (Å²) in [6.07, 6.45) is 3.40. The minimum absolute atomic E-state index is 0.168. The van der Waals surface area contributed by atoms with Crippen LogP contribution in [0.15, 0.2) is 21.1 Å². The maximum absolute atomic E-state index is 10.4. The second kappa shape index (κ2) is 3.41. The van der Waals surface area contributed by atoms with Crippen molar-refractivity contribution in [2.24, 2.45) is 5.92 Å². The van der Waals surface area contributed by atoms with Crippen molar-refractivity contribution < 1.29 is 15.0 Å². The molecule has 2 N–H and O–H groups in total. The Labute approximate surface area is 86.0 Å². The molecule has 3 nitrogen and oxygen atoms in total. The molecule has 0 aromatic carbocycles. The SMILES string of the molecule is O=CC1C=C(Br)C=C(Br)C1(O)O. The summed E-state index contributed by atoms with van der Waals surface area (Å²) in [5.41, 5.74) is 0. The van der Waals surface area contributed by atoms with Gasteiger partial charge in [-0.2, -0.15) is 0 Å². The van der Waals surface area contributed by atoms with Crippen molar-refractivity contribution >= 4 is 38.1 Å². The zero-order valence-corrected chi connectivity index (χ0v) is 9.04. The van der Waals surface area contributed by atoms with Gasteiger partial charge in [0.05, 0.1) is 10.4 Å². The summed E-state index contributed by atoms with van der Waals surface area (Å²) in [7, 11) is 0. The maximum Gasteiger partial charge on any atom is 0.209 e. The average molecular weight is 298 g/mol. The zero-order valence-electron chi connectivity index (χ0n) is 5.87. The minimum Gasteiger partial charge on any atom is -0.361 e. The number of aliphatic hydroxyl groups is 2. The first-order valence-electron chi connectivity index (χ1n) is 3.13. The quantitative estimate of drug-likeness (QED) is 0.562. The molecule has 1 rings (SSSR count). The van der Waals surface area contributed by atoms with Crippen molar-refractivity contribution in [1.29, 1.82) is 0 Å². The lowest BCUT2D eigenvalue weighted by atomic mass is 9.95. The monoisotopic (exact) mass is 296 g/mol. The van der Waals surface area contributed by atoms with Crippen LogP contribution in [0.1, 0.15) is 0 Å². The van der Waals surface area contributed by atoms with Gasteiger partial charge in [-0.1, -0.05) is 22.0 Å². The Hall–Kier alpha value is 0.0300. The number of halogens is 2. The van der Waals surface area contributed by atoms with Crippen LogP contribution in [0.4, 0.5) is 0 Å². The van der Waals surface area contributed by atoms with E-state index < -0.39 is 11.7 Å². The number of carbonyl (C=O) groups excluding carboxylic acids is 1. The molecule has 0 aromatic rings. The van der Waals surface area contributed by atoms with Crippen molar-refractivity contribution in [3.05, 3.63) is 21.1 Å². The molecule has 66 valence electrons. The van der Waals surface area contributed by atoms with E-state index in [0.29, 0.717) is 10.8 Å². The lowest BCUT2D eigenvalue weighted by molar-refractivity contribution is -0.156. The number of allylic oxidation sites excluding steroid dienone is 2. The highest BCUT2D eigenvalue weighted by Crippen LogP contribution is 2.35. The van der Waals surface area contributed by atoms with Gasteiger partial charge in [0.2, 0.25) is 5.79 Å². The van der Waals surface area contributed by atoms with Gasteiger partial charge in [0.15, 0.2) is 0 Å². The average Bonchev–Trinajstić information content (AvgIpc) is 1.97. The molecule has 1 aliphatic rings. The summed E-state index contributed by atoms with van der Waals surface area (Å²) in [6.45, 7) is 0. The van der Waals surface area contributed by atoms with Crippen molar-refractivity contribution in [3.63, 3.8) is 0 Å². The third kappa shape index (κ3) is 1.69. The molecule has 0 bridgehead atoms. The van der Waals surface area contributed by atoms with E-state index in [2.05, 4.69) is 31.9 Å². The first-order valence-corrected chi connectivity index (χ1v) is 4.72. The zero-order chi connectivity index (χ0) is 9.35. The van der Waals surface area contributed by atoms with E-state index in [9.17, 15) is 15.0 Å². The van der Waals surface area contributed by atoms with Crippen LogP contribution in [0, 0.1) is 5.92 Å². The van der Waals surface area contributed by atoms with E-state index in [-0.39, 0.29) is 4.48 Å². The molecule has 0 spiro atoms. The van der Waals surface area contributed by atoms with Crippen molar-refractivity contribution in [3.8, 4) is 0 Å². The van der Waals surface area contributed by atoms with E-state index >= 15 is 0 Å². The van der Waals surface area contributed by atoms with Crippen LogP contribution in [0.2, 0.25) is 0 Å². The fourth-order valence-corrected chi connectivity index (χ4v) is 2.19. The molecule has 0 aromatic heterocycles. The van der Waals surface area contributed by atoms with Crippen LogP contribution in [-0.4, -0.2) is 22.3 Å². The third-order valence-corrected chi connectivity index (χ3v) is 2.87. The number of carbonyl (C=O) groups is 1. The lowest BCUT2D eigenvalue weighted by Gasteiger charge is -2.28. The van der Waals surface area contributed by atoms with E-state index in [4.69, 9.17) is 0 Å². The number of hydrogen-bond acceptors (Lipinski definition) is 3. The second-order valence-corrected chi connectivity index (χ2v) is 4.20. The Morgan fingerprint density at radius 1 is 1.50 bits per heavy atom. The van der Waals surface area contributed by atoms with E-state index in [1.165, 1.54) is 12.2 Å². The van der Waals surface area contributed by atoms with Gasteiger partial charge in [0.1, 0.15) is 6.29 Å². The van der Waals surface area contributed by atoms with Crippen molar-refractivity contribution in [2.45, 2.75) is 5.79 Å². The van der Waals surface area contributed by atoms with Gasteiger partial charge < -0.3 is 15.0 Å². The van der Waals surface area contributed by atoms with Gasteiger partial charge in [0.25, 0.3) is 0 Å². The number of rotatable bonds is 1. The molecular weight excluding hydrogens is 292 g/mol. The summed E-state index contributed by atoms with van der Waals surface area (Å²) in [6, 6.07) is 0. The van der Waals surface area contributed by atoms with Gasteiger partial charge in [-0.3, -0.25) is 0 Å². The summed E-state index contributed by atoms with van der Waals surface area (Å²) in [4.78, 5) is 10.4. The molecule has 0 aliphatic heterocycles. The lowest BCUT2D eigenvalue weighted by Crippen LogP contribution is -2.39. The van der Waals surface area contributed by atoms with Crippen molar-refractivity contribution in [2.75, 3.05) is 0 Å². The Morgan fingerprint density at radius 3 is 2.58 bits per heavy atom. The third-order valence-electron chi connectivity index (χ3n) is 1.57. The molecule has 1 unspecified atom stereocenters. The van der Waals surface area contributed by atoms with Crippen LogP contribution in [-0.2, 0) is 4.79 Å². The summed E-state index contributed by atoms with van der Waals surface area (Å²) in [5, 5.41) is 18.7. The molecule has 0 amide bonds. The first-order chi connectivity index (χ1) is 5.48. The number of hydrogen-bond donors (Lipinski definition) is 2. The van der Waals surface area contributed by atoms with Gasteiger partial charge >= 0.3 is 0 Å². The summed E-state index contributed by atoms with van der Waals surface area (Å²) >= 11 is 6.10. The molecule has 0 fully saturated rings. The normalized spacial score (nSPS) is 27.5. The van der Waals surface area contributed by atoms with Gasteiger partial charge in [-0.15, -0.1) is 0 Å². The molecule has 12 heavy (non-hydrogen) atoms. The highest BCUT2D eigenvalue weighted by Gasteiger charge is 2.38. The fourth-order valence-electron chi connectivity index (χ4n) is 0.857. The molecule has 5 heteroatoms. The summed E-state index contributed by atoms with van der Waals surface area (Å²) < 4.78 is 0.812. The number of aldehydes is 1. The Kier molecular flexibility index (Phi) is 2.88. The fraction of sp³-hybridized carbons (Fsp3) is 0.286. The molecule has 0 radical (unpaired) electrons. The molecule has 1 aliphatic carbocycles. The topological polar surface area (TPSA) is 57.5 Å². The van der Waals surface area contributed by atoms with E-state index in [1.54, 1.807) is 0 Å². The van der Waals surface area contributed by atoms with E-state index in [1.807, 2.05) is 0 Å². The van der Waals surface area contributed by atoms with Crippen LogP contribution in [0.5, 0.6) is 0 Å². The predicted octanol–water partition coefficient (Wildman–Crippen LogP) is 1.05. The van der Waals surface area contributed by atoms with Crippen LogP contribution in [0.3, 0.4) is 0 Å². The first kappa shape index (κ1) is 10.1. The molecule has 0 saturated carbocycles.